The van der Waals surface area contributed by atoms with Gasteiger partial charge in [-0.1, -0.05) is 31.0 Å². The van der Waals surface area contributed by atoms with E-state index in [1.54, 1.807) is 0 Å². The number of aryl methyl sites for hydroxylation is 1. The molecule has 2 amide bonds. The number of nitrogens with zero attached hydrogens (tertiary/aromatic N) is 2. The molecule has 3 aliphatic rings. The number of nitrogens with one attached hydrogen (secondary N) is 1. The van der Waals surface area contributed by atoms with Crippen molar-refractivity contribution in [1.82, 2.24) is 9.88 Å². The lowest BCUT2D eigenvalue weighted by Gasteiger charge is -2.50. The molecule has 1 N–H and O–H groups in total. The fraction of sp³-hybridized carbons (Fsp3) is 0.522. The van der Waals surface area contributed by atoms with Gasteiger partial charge >= 0.3 is 0 Å². The molecule has 1 aromatic carbocycles. The van der Waals surface area contributed by atoms with Gasteiger partial charge < -0.3 is 15.0 Å². The van der Waals surface area contributed by atoms with Crippen LogP contribution in [0.4, 0.5) is 5.13 Å². The molecular formula is C23H27N3O3S. The maximum Gasteiger partial charge on any atom is 0.254 e. The van der Waals surface area contributed by atoms with Gasteiger partial charge in [-0.15, -0.1) is 11.3 Å². The Labute approximate surface area is 180 Å². The molecule has 6 nitrogen and oxygen atoms in total. The zero-order chi connectivity index (χ0) is 20.7. The summed E-state index contributed by atoms with van der Waals surface area (Å²) >= 11 is 1.44. The first-order valence-electron chi connectivity index (χ1n) is 10.8. The van der Waals surface area contributed by atoms with Crippen LogP contribution in [-0.4, -0.2) is 46.5 Å². The molecule has 0 radical (unpaired) electrons. The highest BCUT2D eigenvalue weighted by atomic mass is 32.1. The summed E-state index contributed by atoms with van der Waals surface area (Å²) in [6.45, 7) is 3.24. The summed E-state index contributed by atoms with van der Waals surface area (Å²) in [6.07, 6.45) is 5.79. The minimum atomic E-state index is -0.492. The lowest BCUT2D eigenvalue weighted by Crippen LogP contribution is -2.61. The average molecular weight is 426 g/mol. The number of amides is 2. The van der Waals surface area contributed by atoms with Gasteiger partial charge in [-0.3, -0.25) is 9.59 Å². The van der Waals surface area contributed by atoms with Crippen LogP contribution in [0.15, 0.2) is 29.6 Å². The predicted octanol–water partition coefficient (Wildman–Crippen LogP) is 4.12. The molecule has 2 atom stereocenters. The Morgan fingerprint density at radius 1 is 1.30 bits per heavy atom. The standard InChI is InChI=1S/C23H27N3O3S/c1-15-14-30-22(24-15)25-20(27)19-17-8-2-3-9-18(17)21(28)26(13-16-7-6-12-29-16)23(19)10-4-5-11-23/h2-3,8-9,14,16,19H,4-7,10-13H2,1H3,(H,24,25,27)/t16-,19+/m0/s1. The summed E-state index contributed by atoms with van der Waals surface area (Å²) < 4.78 is 5.89. The minimum absolute atomic E-state index is 0.0390. The molecule has 2 aliphatic heterocycles. The number of thiazole rings is 1. The monoisotopic (exact) mass is 425 g/mol. The second kappa shape index (κ2) is 7.78. The van der Waals surface area contributed by atoms with Crippen LogP contribution < -0.4 is 5.32 Å². The molecule has 3 heterocycles. The molecule has 1 spiro atoms. The zero-order valence-electron chi connectivity index (χ0n) is 17.2. The first-order chi connectivity index (χ1) is 14.6. The van der Waals surface area contributed by atoms with E-state index in [9.17, 15) is 9.59 Å². The third-order valence-corrected chi connectivity index (χ3v) is 7.69. The molecule has 2 aromatic rings. The molecule has 1 aromatic heterocycles. The van der Waals surface area contributed by atoms with Gasteiger partial charge in [-0.05, 0) is 44.2 Å². The van der Waals surface area contributed by atoms with E-state index in [0.29, 0.717) is 17.2 Å². The van der Waals surface area contributed by atoms with Gasteiger partial charge in [0.25, 0.3) is 5.91 Å². The van der Waals surface area contributed by atoms with E-state index in [-0.39, 0.29) is 17.9 Å². The highest BCUT2D eigenvalue weighted by molar-refractivity contribution is 7.13. The predicted molar refractivity (Wildman–Crippen MR) is 116 cm³/mol. The Morgan fingerprint density at radius 3 is 2.80 bits per heavy atom. The van der Waals surface area contributed by atoms with Crippen molar-refractivity contribution >= 4 is 28.3 Å². The quantitative estimate of drug-likeness (QED) is 0.800. The largest absolute Gasteiger partial charge is 0.376 e. The van der Waals surface area contributed by atoms with Crippen molar-refractivity contribution in [1.29, 1.82) is 0 Å². The number of hydrogen-bond donors (Lipinski definition) is 1. The lowest BCUT2D eigenvalue weighted by molar-refractivity contribution is -0.121. The molecule has 1 saturated heterocycles. The van der Waals surface area contributed by atoms with Gasteiger partial charge in [-0.2, -0.15) is 0 Å². The van der Waals surface area contributed by atoms with Gasteiger partial charge in [0, 0.05) is 24.1 Å². The first kappa shape index (κ1) is 19.7. The molecule has 1 saturated carbocycles. The summed E-state index contributed by atoms with van der Waals surface area (Å²) in [6, 6.07) is 7.62. The number of carbonyl (C=O) groups excluding carboxylic acids is 2. The molecule has 5 rings (SSSR count). The number of benzene rings is 1. The van der Waals surface area contributed by atoms with E-state index in [1.807, 2.05) is 41.5 Å². The SMILES string of the molecule is Cc1csc(NC(=O)[C@H]2c3ccccc3C(=O)N(C[C@@H]3CCCO3)C23CCCC3)n1. The van der Waals surface area contributed by atoms with Crippen LogP contribution in [0.5, 0.6) is 0 Å². The van der Waals surface area contributed by atoms with E-state index in [0.717, 1.165) is 56.4 Å². The van der Waals surface area contributed by atoms with E-state index >= 15 is 0 Å². The third-order valence-electron chi connectivity index (χ3n) is 6.81. The second-order valence-electron chi connectivity index (χ2n) is 8.67. The molecule has 7 heteroatoms. The Hall–Kier alpha value is -2.25. The van der Waals surface area contributed by atoms with Crippen LogP contribution in [0.25, 0.3) is 0 Å². The van der Waals surface area contributed by atoms with Crippen molar-refractivity contribution in [2.24, 2.45) is 0 Å². The summed E-state index contributed by atoms with van der Waals surface area (Å²) in [5.74, 6) is -0.430. The van der Waals surface area contributed by atoms with Crippen LogP contribution in [0, 0.1) is 6.92 Å². The smallest absolute Gasteiger partial charge is 0.254 e. The van der Waals surface area contributed by atoms with Gasteiger partial charge in [0.2, 0.25) is 5.91 Å². The van der Waals surface area contributed by atoms with E-state index in [4.69, 9.17) is 4.74 Å². The molecule has 0 unspecified atom stereocenters. The number of aromatic nitrogens is 1. The summed E-state index contributed by atoms with van der Waals surface area (Å²) in [5.41, 5.74) is 1.89. The first-order valence-corrected chi connectivity index (χ1v) is 11.7. The fourth-order valence-electron chi connectivity index (χ4n) is 5.51. The Kier molecular flexibility index (Phi) is 5.11. The van der Waals surface area contributed by atoms with Crippen LogP contribution in [-0.2, 0) is 9.53 Å². The Bertz CT molecular complexity index is 960. The highest BCUT2D eigenvalue weighted by Gasteiger charge is 2.56. The number of anilines is 1. The van der Waals surface area contributed by atoms with Gasteiger partial charge in [-0.25, -0.2) is 4.98 Å². The number of carbonyl (C=O) groups is 2. The lowest BCUT2D eigenvalue weighted by atomic mass is 9.71. The normalized spacial score (nSPS) is 25.0. The number of hydrogen-bond acceptors (Lipinski definition) is 5. The van der Waals surface area contributed by atoms with Crippen molar-refractivity contribution in [2.45, 2.75) is 63.0 Å². The second-order valence-corrected chi connectivity index (χ2v) is 9.52. The summed E-state index contributed by atoms with van der Waals surface area (Å²) in [5, 5.41) is 5.60. The fourth-order valence-corrected chi connectivity index (χ4v) is 6.20. The van der Waals surface area contributed by atoms with Crippen LogP contribution in [0.2, 0.25) is 0 Å². The molecule has 0 bridgehead atoms. The van der Waals surface area contributed by atoms with Crippen LogP contribution in [0.1, 0.15) is 66.1 Å². The van der Waals surface area contributed by atoms with Crippen LogP contribution >= 0.6 is 11.3 Å². The maximum absolute atomic E-state index is 13.7. The Morgan fingerprint density at radius 2 is 2.10 bits per heavy atom. The highest BCUT2D eigenvalue weighted by Crippen LogP contribution is 2.51. The number of rotatable bonds is 4. The third kappa shape index (κ3) is 3.24. The van der Waals surface area contributed by atoms with E-state index in [1.165, 1.54) is 11.3 Å². The zero-order valence-corrected chi connectivity index (χ0v) is 18.0. The van der Waals surface area contributed by atoms with Crippen molar-refractivity contribution in [3.05, 3.63) is 46.5 Å². The van der Waals surface area contributed by atoms with Gasteiger partial charge in [0.05, 0.1) is 23.3 Å². The van der Waals surface area contributed by atoms with Crippen molar-refractivity contribution in [2.75, 3.05) is 18.5 Å². The Balaban J connectivity index is 1.57. The van der Waals surface area contributed by atoms with Crippen LogP contribution in [0.3, 0.4) is 0 Å². The topological polar surface area (TPSA) is 71.5 Å². The minimum Gasteiger partial charge on any atom is -0.376 e. The van der Waals surface area contributed by atoms with E-state index in [2.05, 4.69) is 10.3 Å². The molecular weight excluding hydrogens is 398 g/mol. The molecule has 1 aliphatic carbocycles. The van der Waals surface area contributed by atoms with Crippen molar-refractivity contribution < 1.29 is 14.3 Å². The van der Waals surface area contributed by atoms with E-state index < -0.39 is 11.5 Å². The van der Waals surface area contributed by atoms with Crippen molar-refractivity contribution in [3.8, 4) is 0 Å². The average Bonchev–Trinajstić information content (AvgIpc) is 3.49. The molecule has 158 valence electrons. The molecule has 30 heavy (non-hydrogen) atoms. The molecule has 2 fully saturated rings. The van der Waals surface area contributed by atoms with Gasteiger partial charge in [0.15, 0.2) is 5.13 Å². The maximum atomic E-state index is 13.7. The number of fused-ring (bicyclic) bond motifs is 1. The van der Waals surface area contributed by atoms with Gasteiger partial charge in [0.1, 0.15) is 0 Å². The summed E-state index contributed by atoms with van der Waals surface area (Å²) in [4.78, 5) is 33.7. The summed E-state index contributed by atoms with van der Waals surface area (Å²) in [7, 11) is 0. The number of ether oxygens (including phenoxy) is 1. The van der Waals surface area contributed by atoms with Crippen molar-refractivity contribution in [3.63, 3.8) is 0 Å².